The number of nitrogens with one attached hydrogen (secondary N) is 1. The fourth-order valence-corrected chi connectivity index (χ4v) is 2.68. The Labute approximate surface area is 128 Å². The Morgan fingerprint density at radius 2 is 2.29 bits per heavy atom. The van der Waals surface area contributed by atoms with Crippen molar-refractivity contribution in [3.05, 3.63) is 23.9 Å². The Kier molecular flexibility index (Phi) is 6.46. The summed E-state index contributed by atoms with van der Waals surface area (Å²) in [6.45, 7) is 9.22. The highest BCUT2D eigenvalue weighted by atomic mass is 16.5. The fraction of sp³-hybridized carbons (Fsp3) is 0.706. The van der Waals surface area contributed by atoms with Crippen molar-refractivity contribution in [2.75, 3.05) is 38.3 Å². The summed E-state index contributed by atoms with van der Waals surface area (Å²) in [6.07, 6.45) is 4.43. The molecule has 0 radical (unpaired) electrons. The van der Waals surface area contributed by atoms with E-state index in [9.17, 15) is 0 Å². The zero-order valence-electron chi connectivity index (χ0n) is 13.6. The van der Waals surface area contributed by atoms with Gasteiger partial charge in [0, 0.05) is 32.9 Å². The van der Waals surface area contributed by atoms with Crippen LogP contribution in [-0.4, -0.2) is 38.3 Å². The lowest BCUT2D eigenvalue weighted by molar-refractivity contribution is 0.0576. The molecule has 4 heteroatoms. The van der Waals surface area contributed by atoms with Crippen LogP contribution in [0.1, 0.15) is 32.3 Å². The van der Waals surface area contributed by atoms with Gasteiger partial charge in [-0.05, 0) is 42.9 Å². The molecule has 0 saturated carbocycles. The van der Waals surface area contributed by atoms with Crippen LogP contribution in [0.25, 0.3) is 0 Å². The maximum Gasteiger partial charge on any atom is 0.128 e. The number of anilines is 1. The molecule has 1 aliphatic heterocycles. The summed E-state index contributed by atoms with van der Waals surface area (Å²) < 4.78 is 5.55. The van der Waals surface area contributed by atoms with E-state index in [1.165, 1.54) is 18.4 Å². The van der Waals surface area contributed by atoms with Gasteiger partial charge in [0.15, 0.2) is 0 Å². The smallest absolute Gasteiger partial charge is 0.128 e. The van der Waals surface area contributed by atoms with Crippen LogP contribution in [0.15, 0.2) is 18.3 Å². The van der Waals surface area contributed by atoms with Gasteiger partial charge in [0.25, 0.3) is 0 Å². The average molecular weight is 291 g/mol. The Bertz CT molecular complexity index is 399. The van der Waals surface area contributed by atoms with Gasteiger partial charge >= 0.3 is 0 Å². The highest BCUT2D eigenvalue weighted by Crippen LogP contribution is 2.17. The van der Waals surface area contributed by atoms with Gasteiger partial charge in [-0.25, -0.2) is 4.98 Å². The summed E-state index contributed by atoms with van der Waals surface area (Å²) in [5, 5.41) is 3.45. The van der Waals surface area contributed by atoms with Gasteiger partial charge in [0.2, 0.25) is 0 Å². The van der Waals surface area contributed by atoms with Gasteiger partial charge in [-0.1, -0.05) is 19.9 Å². The molecule has 0 spiro atoms. The molecule has 1 N–H and O–H groups in total. The SMILES string of the molecule is CC(C)CNCc1ccc(N(C)CC2CCCOC2)nc1. The van der Waals surface area contributed by atoms with E-state index in [0.717, 1.165) is 38.7 Å². The standard InChI is InChI=1S/C17H29N3O/c1-14(2)9-18-10-15-6-7-17(19-11-15)20(3)12-16-5-4-8-21-13-16/h6-7,11,14,16,18H,4-5,8-10,12-13H2,1-3H3. The van der Waals surface area contributed by atoms with Crippen molar-refractivity contribution in [2.24, 2.45) is 11.8 Å². The van der Waals surface area contributed by atoms with E-state index in [-0.39, 0.29) is 0 Å². The molecule has 0 aromatic carbocycles. The van der Waals surface area contributed by atoms with E-state index in [1.807, 2.05) is 6.20 Å². The van der Waals surface area contributed by atoms with Gasteiger partial charge in [0.05, 0.1) is 6.61 Å². The van der Waals surface area contributed by atoms with Crippen LogP contribution in [0.5, 0.6) is 0 Å². The highest BCUT2D eigenvalue weighted by molar-refractivity contribution is 5.38. The van der Waals surface area contributed by atoms with Crippen LogP contribution < -0.4 is 10.2 Å². The van der Waals surface area contributed by atoms with E-state index in [0.29, 0.717) is 11.8 Å². The Morgan fingerprint density at radius 3 is 2.90 bits per heavy atom. The van der Waals surface area contributed by atoms with Crippen LogP contribution in [0.3, 0.4) is 0 Å². The molecule has 4 nitrogen and oxygen atoms in total. The van der Waals surface area contributed by atoms with Gasteiger partial charge in [-0.3, -0.25) is 0 Å². The molecule has 1 atom stereocenters. The molecular formula is C17H29N3O. The Balaban J connectivity index is 1.80. The molecule has 0 aliphatic carbocycles. The molecule has 1 fully saturated rings. The normalized spacial score (nSPS) is 19.0. The summed E-state index contributed by atoms with van der Waals surface area (Å²) in [5.74, 6) is 2.37. The maximum absolute atomic E-state index is 5.55. The highest BCUT2D eigenvalue weighted by Gasteiger charge is 2.16. The third kappa shape index (κ3) is 5.64. The second-order valence-electron chi connectivity index (χ2n) is 6.51. The van der Waals surface area contributed by atoms with Crippen molar-refractivity contribution in [3.63, 3.8) is 0 Å². The van der Waals surface area contributed by atoms with E-state index in [1.54, 1.807) is 0 Å². The lowest BCUT2D eigenvalue weighted by Crippen LogP contribution is -2.31. The molecule has 118 valence electrons. The minimum Gasteiger partial charge on any atom is -0.381 e. The molecule has 0 amide bonds. The minimum absolute atomic E-state index is 0.637. The number of nitrogens with zero attached hydrogens (tertiary/aromatic N) is 2. The summed E-state index contributed by atoms with van der Waals surface area (Å²) in [4.78, 5) is 6.83. The van der Waals surface area contributed by atoms with Crippen molar-refractivity contribution in [2.45, 2.75) is 33.2 Å². The first kappa shape index (κ1) is 16.2. The van der Waals surface area contributed by atoms with E-state index < -0.39 is 0 Å². The monoisotopic (exact) mass is 291 g/mol. The third-order valence-corrected chi connectivity index (χ3v) is 3.87. The minimum atomic E-state index is 0.637. The van der Waals surface area contributed by atoms with Gasteiger partial charge < -0.3 is 15.0 Å². The van der Waals surface area contributed by atoms with Crippen LogP contribution in [0, 0.1) is 11.8 Å². The number of pyridine rings is 1. The first-order chi connectivity index (χ1) is 10.1. The Hall–Kier alpha value is -1.13. The lowest BCUT2D eigenvalue weighted by atomic mass is 10.0. The molecular weight excluding hydrogens is 262 g/mol. The third-order valence-electron chi connectivity index (χ3n) is 3.87. The topological polar surface area (TPSA) is 37.4 Å². The maximum atomic E-state index is 5.55. The van der Waals surface area contributed by atoms with Gasteiger partial charge in [-0.2, -0.15) is 0 Å². The van der Waals surface area contributed by atoms with Crippen LogP contribution in [-0.2, 0) is 11.3 Å². The van der Waals surface area contributed by atoms with E-state index in [2.05, 4.69) is 48.2 Å². The first-order valence-corrected chi connectivity index (χ1v) is 8.09. The molecule has 1 aromatic heterocycles. The first-order valence-electron chi connectivity index (χ1n) is 8.09. The molecule has 2 rings (SSSR count). The molecule has 1 saturated heterocycles. The molecule has 1 aromatic rings. The zero-order valence-corrected chi connectivity index (χ0v) is 13.6. The summed E-state index contributed by atoms with van der Waals surface area (Å²) in [7, 11) is 2.12. The predicted octanol–water partition coefficient (Wildman–Crippen LogP) is 2.69. The van der Waals surface area contributed by atoms with Crippen molar-refractivity contribution in [1.29, 1.82) is 0 Å². The summed E-state index contributed by atoms with van der Waals surface area (Å²) in [6, 6.07) is 4.29. The zero-order chi connectivity index (χ0) is 15.1. The number of hydrogen-bond donors (Lipinski definition) is 1. The van der Waals surface area contributed by atoms with Crippen molar-refractivity contribution >= 4 is 5.82 Å². The number of aromatic nitrogens is 1. The van der Waals surface area contributed by atoms with Crippen LogP contribution in [0.2, 0.25) is 0 Å². The second kappa shape index (κ2) is 8.35. The number of hydrogen-bond acceptors (Lipinski definition) is 4. The molecule has 1 aliphatic rings. The van der Waals surface area contributed by atoms with Crippen LogP contribution >= 0.6 is 0 Å². The van der Waals surface area contributed by atoms with E-state index >= 15 is 0 Å². The van der Waals surface area contributed by atoms with E-state index in [4.69, 9.17) is 4.74 Å². The fourth-order valence-electron chi connectivity index (χ4n) is 2.68. The lowest BCUT2D eigenvalue weighted by Gasteiger charge is -2.27. The number of rotatable bonds is 7. The average Bonchev–Trinajstić information content (AvgIpc) is 2.48. The van der Waals surface area contributed by atoms with Gasteiger partial charge in [0.1, 0.15) is 5.82 Å². The predicted molar refractivity (Wildman–Crippen MR) is 87.6 cm³/mol. The summed E-state index contributed by atoms with van der Waals surface area (Å²) in [5.41, 5.74) is 1.24. The second-order valence-corrected chi connectivity index (χ2v) is 6.51. The molecule has 21 heavy (non-hydrogen) atoms. The largest absolute Gasteiger partial charge is 0.381 e. The molecule has 1 unspecified atom stereocenters. The number of ether oxygens (including phenoxy) is 1. The summed E-state index contributed by atoms with van der Waals surface area (Å²) >= 11 is 0. The van der Waals surface area contributed by atoms with Crippen molar-refractivity contribution in [3.8, 4) is 0 Å². The van der Waals surface area contributed by atoms with Crippen LogP contribution in [0.4, 0.5) is 5.82 Å². The quantitative estimate of drug-likeness (QED) is 0.838. The Morgan fingerprint density at radius 1 is 1.43 bits per heavy atom. The van der Waals surface area contributed by atoms with Crippen molar-refractivity contribution in [1.82, 2.24) is 10.3 Å². The molecule has 2 heterocycles. The van der Waals surface area contributed by atoms with Gasteiger partial charge in [-0.15, -0.1) is 0 Å². The van der Waals surface area contributed by atoms with Crippen molar-refractivity contribution < 1.29 is 4.74 Å². The molecule has 0 bridgehead atoms.